The van der Waals surface area contributed by atoms with Crippen molar-refractivity contribution in [3.8, 4) is 5.75 Å². The minimum Gasteiger partial charge on any atom is -0.492 e. The van der Waals surface area contributed by atoms with Gasteiger partial charge < -0.3 is 15.0 Å². The Hall–Kier alpha value is -3.33. The fourth-order valence-electron chi connectivity index (χ4n) is 3.73. The number of thioether (sulfide) groups is 1. The minimum atomic E-state index is -0.478. The van der Waals surface area contributed by atoms with Crippen LogP contribution in [0.15, 0.2) is 48.5 Å². The summed E-state index contributed by atoms with van der Waals surface area (Å²) in [7, 11) is 0. The molecule has 2 saturated heterocycles. The van der Waals surface area contributed by atoms with Crippen molar-refractivity contribution in [1.82, 2.24) is 4.90 Å². The molecular formula is C23H23N3O5S. The first-order chi connectivity index (χ1) is 15.5. The molecule has 0 aromatic heterocycles. The van der Waals surface area contributed by atoms with E-state index in [1.807, 2.05) is 31.2 Å². The number of nitrogens with zero attached hydrogens (tertiary/aromatic N) is 2. The van der Waals surface area contributed by atoms with Crippen LogP contribution < -0.4 is 15.0 Å². The summed E-state index contributed by atoms with van der Waals surface area (Å²) in [5.41, 5.74) is 2.05. The number of carbonyl (C=O) groups is 4. The number of hydrogen-bond acceptors (Lipinski definition) is 6. The highest BCUT2D eigenvalue weighted by atomic mass is 32.2. The Morgan fingerprint density at radius 2 is 1.84 bits per heavy atom. The molecule has 0 saturated carbocycles. The SMILES string of the molecule is CCOc1ccccc1N1CC(C(=O)Nc2ccc(CN3C(=O)CSC3=O)cc2)CC1=O. The molecular weight excluding hydrogens is 430 g/mol. The lowest BCUT2D eigenvalue weighted by atomic mass is 10.1. The first-order valence-electron chi connectivity index (χ1n) is 10.4. The fraction of sp³-hybridized carbons (Fsp3) is 0.304. The van der Waals surface area contributed by atoms with Crippen molar-refractivity contribution in [2.24, 2.45) is 5.92 Å². The molecule has 4 rings (SSSR count). The molecule has 2 aromatic rings. The zero-order valence-corrected chi connectivity index (χ0v) is 18.4. The van der Waals surface area contributed by atoms with Gasteiger partial charge in [-0.05, 0) is 36.8 Å². The lowest BCUT2D eigenvalue weighted by Crippen LogP contribution is -2.28. The van der Waals surface area contributed by atoms with Crippen molar-refractivity contribution >= 4 is 46.1 Å². The van der Waals surface area contributed by atoms with Gasteiger partial charge in [0.15, 0.2) is 0 Å². The molecule has 0 radical (unpaired) electrons. The number of ether oxygens (including phenoxy) is 1. The highest BCUT2D eigenvalue weighted by Gasteiger charge is 2.36. The van der Waals surface area contributed by atoms with E-state index in [2.05, 4.69) is 5.32 Å². The number of nitrogens with one attached hydrogen (secondary N) is 1. The van der Waals surface area contributed by atoms with Crippen LogP contribution >= 0.6 is 11.8 Å². The third kappa shape index (κ3) is 4.62. The number of anilines is 2. The van der Waals surface area contributed by atoms with Crippen LogP contribution in [0.1, 0.15) is 18.9 Å². The van der Waals surface area contributed by atoms with Crippen LogP contribution in [-0.2, 0) is 20.9 Å². The molecule has 0 aliphatic carbocycles. The molecule has 8 nitrogen and oxygen atoms in total. The molecule has 2 aliphatic heterocycles. The molecule has 1 atom stereocenters. The molecule has 9 heteroatoms. The number of para-hydroxylation sites is 2. The number of rotatable bonds is 7. The monoisotopic (exact) mass is 453 g/mol. The first-order valence-corrected chi connectivity index (χ1v) is 11.3. The van der Waals surface area contributed by atoms with Crippen LogP contribution in [0.4, 0.5) is 16.2 Å². The van der Waals surface area contributed by atoms with Crippen molar-refractivity contribution in [1.29, 1.82) is 0 Å². The smallest absolute Gasteiger partial charge is 0.289 e. The van der Waals surface area contributed by atoms with Crippen LogP contribution in [0.3, 0.4) is 0 Å². The third-order valence-corrected chi connectivity index (χ3v) is 6.21. The molecule has 32 heavy (non-hydrogen) atoms. The summed E-state index contributed by atoms with van der Waals surface area (Å²) < 4.78 is 5.62. The van der Waals surface area contributed by atoms with E-state index in [4.69, 9.17) is 4.74 Å². The summed E-state index contributed by atoms with van der Waals surface area (Å²) >= 11 is 1.00. The predicted octanol–water partition coefficient (Wildman–Crippen LogP) is 3.27. The molecule has 2 heterocycles. The number of imide groups is 1. The summed E-state index contributed by atoms with van der Waals surface area (Å²) in [6.07, 6.45) is 0.126. The Morgan fingerprint density at radius 3 is 2.53 bits per heavy atom. The van der Waals surface area contributed by atoms with Crippen molar-refractivity contribution < 1.29 is 23.9 Å². The quantitative estimate of drug-likeness (QED) is 0.691. The van der Waals surface area contributed by atoms with Gasteiger partial charge in [0.05, 0.1) is 30.5 Å². The topological polar surface area (TPSA) is 96.0 Å². The summed E-state index contributed by atoms with van der Waals surface area (Å²) in [6.45, 7) is 2.86. The Morgan fingerprint density at radius 1 is 1.09 bits per heavy atom. The van der Waals surface area contributed by atoms with Gasteiger partial charge in [-0.25, -0.2) is 0 Å². The molecule has 4 amide bonds. The maximum Gasteiger partial charge on any atom is 0.289 e. The predicted molar refractivity (Wildman–Crippen MR) is 122 cm³/mol. The van der Waals surface area contributed by atoms with Gasteiger partial charge in [0.25, 0.3) is 5.24 Å². The van der Waals surface area contributed by atoms with E-state index in [1.165, 1.54) is 4.90 Å². The van der Waals surface area contributed by atoms with Gasteiger partial charge >= 0.3 is 0 Å². The molecule has 2 aliphatic rings. The number of carbonyl (C=O) groups excluding carboxylic acids is 4. The lowest BCUT2D eigenvalue weighted by Gasteiger charge is -2.20. The highest BCUT2D eigenvalue weighted by Crippen LogP contribution is 2.33. The fourth-order valence-corrected chi connectivity index (χ4v) is 4.45. The van der Waals surface area contributed by atoms with Gasteiger partial charge in [-0.3, -0.25) is 24.1 Å². The lowest BCUT2D eigenvalue weighted by molar-refractivity contribution is -0.125. The third-order valence-electron chi connectivity index (χ3n) is 5.35. The number of hydrogen-bond donors (Lipinski definition) is 1. The standard InChI is InChI=1S/C23H23N3O5S/c1-2-31-19-6-4-3-5-18(19)25-13-16(11-20(25)27)22(29)24-17-9-7-15(8-10-17)12-26-21(28)14-32-23(26)30/h3-10,16H,2,11-14H2,1H3,(H,24,29). The van der Waals surface area contributed by atoms with Gasteiger partial charge in [-0.15, -0.1) is 0 Å². The summed E-state index contributed by atoms with van der Waals surface area (Å²) in [4.78, 5) is 51.7. The summed E-state index contributed by atoms with van der Waals surface area (Å²) in [5.74, 6) is -0.228. The Balaban J connectivity index is 1.38. The van der Waals surface area contributed by atoms with Crippen LogP contribution in [0.25, 0.3) is 0 Å². The van der Waals surface area contributed by atoms with Crippen LogP contribution in [-0.4, -0.2) is 46.8 Å². The molecule has 2 aromatic carbocycles. The van der Waals surface area contributed by atoms with Gasteiger partial charge in [0.2, 0.25) is 17.7 Å². The summed E-state index contributed by atoms with van der Waals surface area (Å²) in [5, 5.41) is 2.61. The second-order valence-corrected chi connectivity index (χ2v) is 8.45. The van der Waals surface area contributed by atoms with Crippen LogP contribution in [0, 0.1) is 5.92 Å². The number of amides is 4. The maximum atomic E-state index is 12.8. The maximum absolute atomic E-state index is 12.8. The van der Waals surface area contributed by atoms with Gasteiger partial charge in [0, 0.05) is 18.7 Å². The molecule has 0 bridgehead atoms. The highest BCUT2D eigenvalue weighted by molar-refractivity contribution is 8.14. The van der Waals surface area contributed by atoms with E-state index in [0.717, 1.165) is 17.3 Å². The second kappa shape index (κ2) is 9.44. The van der Waals surface area contributed by atoms with Crippen LogP contribution in [0.2, 0.25) is 0 Å². The zero-order chi connectivity index (χ0) is 22.7. The van der Waals surface area contributed by atoms with Gasteiger partial charge in [-0.1, -0.05) is 36.0 Å². The number of benzene rings is 2. The van der Waals surface area contributed by atoms with E-state index in [0.29, 0.717) is 23.7 Å². The van der Waals surface area contributed by atoms with Crippen molar-refractivity contribution in [3.05, 3.63) is 54.1 Å². The average Bonchev–Trinajstić information content (AvgIpc) is 3.33. The Kier molecular flexibility index (Phi) is 6.45. The normalized spacial score (nSPS) is 18.4. The van der Waals surface area contributed by atoms with E-state index in [9.17, 15) is 19.2 Å². The Bertz CT molecular complexity index is 1040. The minimum absolute atomic E-state index is 0.120. The first kappa shape index (κ1) is 21.9. The summed E-state index contributed by atoms with van der Waals surface area (Å²) in [6, 6.07) is 14.3. The molecule has 0 spiro atoms. The van der Waals surface area contributed by atoms with Crippen LogP contribution in [0.5, 0.6) is 5.75 Å². The largest absolute Gasteiger partial charge is 0.492 e. The van der Waals surface area contributed by atoms with E-state index in [-0.39, 0.29) is 48.2 Å². The molecule has 1 unspecified atom stereocenters. The zero-order valence-electron chi connectivity index (χ0n) is 17.6. The average molecular weight is 454 g/mol. The van der Waals surface area contributed by atoms with Gasteiger partial charge in [0.1, 0.15) is 5.75 Å². The van der Waals surface area contributed by atoms with E-state index in [1.54, 1.807) is 29.2 Å². The van der Waals surface area contributed by atoms with Crippen molar-refractivity contribution in [2.45, 2.75) is 19.9 Å². The Labute approximate surface area is 189 Å². The second-order valence-electron chi connectivity index (χ2n) is 7.53. The van der Waals surface area contributed by atoms with Gasteiger partial charge in [-0.2, -0.15) is 0 Å². The van der Waals surface area contributed by atoms with E-state index < -0.39 is 5.92 Å². The molecule has 2 fully saturated rings. The molecule has 1 N–H and O–H groups in total. The van der Waals surface area contributed by atoms with E-state index >= 15 is 0 Å². The van der Waals surface area contributed by atoms with Crippen molar-refractivity contribution in [3.63, 3.8) is 0 Å². The molecule has 166 valence electrons. The van der Waals surface area contributed by atoms with Crippen molar-refractivity contribution in [2.75, 3.05) is 29.1 Å².